The molecule has 5 heteroatoms. The molecule has 0 radical (unpaired) electrons. The normalized spacial score (nSPS) is 13.6. The van der Waals surface area contributed by atoms with Crippen molar-refractivity contribution >= 4 is 11.6 Å². The number of aromatic nitrogens is 2. The molecule has 1 N–H and O–H groups in total. The van der Waals surface area contributed by atoms with Crippen LogP contribution in [0.1, 0.15) is 61.1 Å². The third-order valence-electron chi connectivity index (χ3n) is 4.57. The standard InChI is InChI=1S/C19H26FN3O/c1-6-12(2)11-13(3)15-9-7-8-10-16(15)21-19(24)17-14(4)22-23(5)18(17)20/h7-10,12-13H,6,11H2,1-5H3,(H,21,24). The van der Waals surface area contributed by atoms with Gasteiger partial charge in [-0.25, -0.2) is 4.68 Å². The van der Waals surface area contributed by atoms with Crippen molar-refractivity contribution in [2.24, 2.45) is 13.0 Å². The molecule has 0 aliphatic carbocycles. The maximum absolute atomic E-state index is 14.1. The number of carbonyl (C=O) groups is 1. The lowest BCUT2D eigenvalue weighted by atomic mass is 9.89. The molecular weight excluding hydrogens is 305 g/mol. The SMILES string of the molecule is CCC(C)CC(C)c1ccccc1NC(=O)c1c(C)nn(C)c1F. The topological polar surface area (TPSA) is 46.9 Å². The van der Waals surface area contributed by atoms with Crippen LogP contribution in [0.25, 0.3) is 0 Å². The highest BCUT2D eigenvalue weighted by molar-refractivity contribution is 6.05. The molecule has 0 aliphatic rings. The van der Waals surface area contributed by atoms with E-state index < -0.39 is 11.9 Å². The number of anilines is 1. The van der Waals surface area contributed by atoms with Gasteiger partial charge in [-0.15, -0.1) is 0 Å². The van der Waals surface area contributed by atoms with E-state index in [9.17, 15) is 9.18 Å². The quantitative estimate of drug-likeness (QED) is 0.837. The molecule has 0 aliphatic heterocycles. The third kappa shape index (κ3) is 3.83. The molecule has 2 aromatic rings. The maximum Gasteiger partial charge on any atom is 0.262 e. The number of halogens is 1. The van der Waals surface area contributed by atoms with Gasteiger partial charge in [0.25, 0.3) is 5.91 Å². The van der Waals surface area contributed by atoms with E-state index in [1.165, 1.54) is 7.05 Å². The summed E-state index contributed by atoms with van der Waals surface area (Å²) in [5.74, 6) is -0.144. The number of benzene rings is 1. The van der Waals surface area contributed by atoms with Crippen molar-refractivity contribution in [2.75, 3.05) is 5.32 Å². The molecule has 2 rings (SSSR count). The summed E-state index contributed by atoms with van der Waals surface area (Å²) in [7, 11) is 1.49. The van der Waals surface area contributed by atoms with E-state index in [4.69, 9.17) is 0 Å². The van der Waals surface area contributed by atoms with E-state index in [0.717, 1.165) is 28.8 Å². The van der Waals surface area contributed by atoms with Crippen molar-refractivity contribution in [1.82, 2.24) is 9.78 Å². The highest BCUT2D eigenvalue weighted by Gasteiger charge is 2.22. The lowest BCUT2D eigenvalue weighted by Crippen LogP contribution is -2.16. The molecule has 1 heterocycles. The van der Waals surface area contributed by atoms with Gasteiger partial charge in [0.2, 0.25) is 5.95 Å². The molecule has 2 atom stereocenters. The predicted molar refractivity (Wildman–Crippen MR) is 94.8 cm³/mol. The Morgan fingerprint density at radius 1 is 1.33 bits per heavy atom. The van der Waals surface area contributed by atoms with Crippen LogP contribution in [0, 0.1) is 18.8 Å². The third-order valence-corrected chi connectivity index (χ3v) is 4.57. The van der Waals surface area contributed by atoms with E-state index in [2.05, 4.69) is 31.2 Å². The zero-order valence-corrected chi connectivity index (χ0v) is 15.1. The fraction of sp³-hybridized carbons (Fsp3) is 0.474. The average molecular weight is 331 g/mol. The molecule has 0 bridgehead atoms. The first-order chi connectivity index (χ1) is 11.3. The predicted octanol–water partition coefficient (Wildman–Crippen LogP) is 4.66. The lowest BCUT2D eigenvalue weighted by molar-refractivity contribution is 0.102. The highest BCUT2D eigenvalue weighted by atomic mass is 19.1. The summed E-state index contributed by atoms with van der Waals surface area (Å²) in [6.07, 6.45) is 2.17. The van der Waals surface area contributed by atoms with Crippen molar-refractivity contribution in [3.05, 3.63) is 47.0 Å². The van der Waals surface area contributed by atoms with E-state index in [0.29, 0.717) is 17.5 Å². The van der Waals surface area contributed by atoms with Crippen LogP contribution in [-0.2, 0) is 7.05 Å². The Balaban J connectivity index is 2.25. The molecule has 2 unspecified atom stereocenters. The molecule has 1 amide bonds. The van der Waals surface area contributed by atoms with Gasteiger partial charge in [0.15, 0.2) is 0 Å². The van der Waals surface area contributed by atoms with Gasteiger partial charge in [-0.1, -0.05) is 45.4 Å². The van der Waals surface area contributed by atoms with Gasteiger partial charge >= 0.3 is 0 Å². The average Bonchev–Trinajstić information content (AvgIpc) is 2.80. The monoisotopic (exact) mass is 331 g/mol. The molecule has 24 heavy (non-hydrogen) atoms. The van der Waals surface area contributed by atoms with Crippen molar-refractivity contribution < 1.29 is 9.18 Å². The van der Waals surface area contributed by atoms with Crippen molar-refractivity contribution in [3.8, 4) is 0 Å². The van der Waals surface area contributed by atoms with Gasteiger partial charge in [0.05, 0.1) is 5.69 Å². The Morgan fingerprint density at radius 3 is 2.58 bits per heavy atom. The number of aryl methyl sites for hydroxylation is 2. The Hall–Kier alpha value is -2.17. The molecule has 4 nitrogen and oxygen atoms in total. The number of nitrogens with one attached hydrogen (secondary N) is 1. The number of nitrogens with zero attached hydrogens (tertiary/aromatic N) is 2. The van der Waals surface area contributed by atoms with Crippen LogP contribution in [0.5, 0.6) is 0 Å². The Bertz CT molecular complexity index is 723. The van der Waals surface area contributed by atoms with Gasteiger partial charge in [0.1, 0.15) is 5.56 Å². The fourth-order valence-electron chi connectivity index (χ4n) is 3.01. The smallest absolute Gasteiger partial charge is 0.262 e. The van der Waals surface area contributed by atoms with Crippen LogP contribution < -0.4 is 5.32 Å². The number of amides is 1. The molecular formula is C19H26FN3O. The Labute approximate surface area is 143 Å². The summed E-state index contributed by atoms with van der Waals surface area (Å²) >= 11 is 0. The summed E-state index contributed by atoms with van der Waals surface area (Å²) in [5.41, 5.74) is 2.20. The first-order valence-electron chi connectivity index (χ1n) is 8.44. The van der Waals surface area contributed by atoms with Crippen LogP contribution in [0.3, 0.4) is 0 Å². The van der Waals surface area contributed by atoms with Gasteiger partial charge in [0, 0.05) is 12.7 Å². The number of hydrogen-bond donors (Lipinski definition) is 1. The van der Waals surface area contributed by atoms with Crippen LogP contribution in [0.2, 0.25) is 0 Å². The van der Waals surface area contributed by atoms with Crippen LogP contribution in [0.4, 0.5) is 10.1 Å². The lowest BCUT2D eigenvalue weighted by Gasteiger charge is -2.19. The molecule has 130 valence electrons. The zero-order chi connectivity index (χ0) is 17.9. The zero-order valence-electron chi connectivity index (χ0n) is 15.1. The van der Waals surface area contributed by atoms with Crippen LogP contribution in [0.15, 0.2) is 24.3 Å². The molecule has 0 spiro atoms. The Kier molecular flexibility index (Phi) is 5.75. The number of hydrogen-bond acceptors (Lipinski definition) is 2. The van der Waals surface area contributed by atoms with Crippen LogP contribution >= 0.6 is 0 Å². The minimum atomic E-state index is -0.616. The molecule has 1 aromatic carbocycles. The summed E-state index contributed by atoms with van der Waals surface area (Å²) in [4.78, 5) is 12.5. The first-order valence-corrected chi connectivity index (χ1v) is 8.44. The molecule has 0 fully saturated rings. The van der Waals surface area contributed by atoms with E-state index >= 15 is 0 Å². The van der Waals surface area contributed by atoms with Gasteiger partial charge in [-0.05, 0) is 36.8 Å². The number of para-hydroxylation sites is 1. The van der Waals surface area contributed by atoms with Crippen molar-refractivity contribution in [3.63, 3.8) is 0 Å². The second kappa shape index (κ2) is 7.60. The summed E-state index contributed by atoms with van der Waals surface area (Å²) in [6, 6.07) is 7.73. The minimum Gasteiger partial charge on any atom is -0.322 e. The minimum absolute atomic E-state index is 0.00174. The van der Waals surface area contributed by atoms with Gasteiger partial charge in [-0.2, -0.15) is 9.49 Å². The van der Waals surface area contributed by atoms with E-state index in [-0.39, 0.29) is 5.56 Å². The summed E-state index contributed by atoms with van der Waals surface area (Å²) in [6.45, 7) is 8.20. The van der Waals surface area contributed by atoms with Gasteiger partial charge < -0.3 is 5.32 Å². The largest absolute Gasteiger partial charge is 0.322 e. The van der Waals surface area contributed by atoms with E-state index in [1.807, 2.05) is 24.3 Å². The number of rotatable bonds is 6. The fourth-order valence-corrected chi connectivity index (χ4v) is 3.01. The van der Waals surface area contributed by atoms with E-state index in [1.54, 1.807) is 6.92 Å². The Morgan fingerprint density at radius 2 is 2.00 bits per heavy atom. The first kappa shape index (κ1) is 18.2. The molecule has 0 saturated heterocycles. The maximum atomic E-state index is 14.1. The summed E-state index contributed by atoms with van der Waals surface area (Å²) in [5, 5.41) is 6.82. The van der Waals surface area contributed by atoms with Crippen LogP contribution in [-0.4, -0.2) is 15.7 Å². The molecule has 1 aromatic heterocycles. The summed E-state index contributed by atoms with van der Waals surface area (Å²) < 4.78 is 15.2. The van der Waals surface area contributed by atoms with Crippen molar-refractivity contribution in [2.45, 2.75) is 46.5 Å². The second-order valence-electron chi connectivity index (χ2n) is 6.57. The van der Waals surface area contributed by atoms with Gasteiger partial charge in [-0.3, -0.25) is 4.79 Å². The highest BCUT2D eigenvalue weighted by Crippen LogP contribution is 2.30. The molecule has 0 saturated carbocycles. The van der Waals surface area contributed by atoms with Crippen molar-refractivity contribution in [1.29, 1.82) is 0 Å². The number of carbonyl (C=O) groups excluding carboxylic acids is 1. The second-order valence-corrected chi connectivity index (χ2v) is 6.57.